The van der Waals surface area contributed by atoms with E-state index in [1.807, 2.05) is 37.4 Å². The fourth-order valence-electron chi connectivity index (χ4n) is 1.26. The Hall–Kier alpha value is -1.16. The highest BCUT2D eigenvalue weighted by Crippen LogP contribution is 2.18. The number of rotatable bonds is 5. The van der Waals surface area contributed by atoms with Crippen molar-refractivity contribution in [3.05, 3.63) is 24.3 Å². The molecule has 1 amide bonds. The van der Waals surface area contributed by atoms with Gasteiger partial charge in [0.1, 0.15) is 6.04 Å². The van der Waals surface area contributed by atoms with Gasteiger partial charge in [0.05, 0.1) is 0 Å². The Bertz CT molecular complexity index is 324. The van der Waals surface area contributed by atoms with Crippen LogP contribution >= 0.6 is 11.8 Å². The molecule has 0 bridgehead atoms. The van der Waals surface area contributed by atoms with Crippen molar-refractivity contribution in [2.75, 3.05) is 11.6 Å². The molecule has 3 N–H and O–H groups in total. The summed E-state index contributed by atoms with van der Waals surface area (Å²) in [6, 6.07) is 7.65. The molecule has 1 unspecified atom stereocenters. The number of carbonyl (C=O) groups excluding carboxylic acids is 1. The van der Waals surface area contributed by atoms with Crippen LogP contribution in [0.4, 0.5) is 5.69 Å². The summed E-state index contributed by atoms with van der Waals surface area (Å²) >= 11 is 1.69. The van der Waals surface area contributed by atoms with Gasteiger partial charge < -0.3 is 11.1 Å². The summed E-state index contributed by atoms with van der Waals surface area (Å²) in [6.45, 7) is 1.93. The largest absolute Gasteiger partial charge is 0.374 e. The zero-order valence-corrected chi connectivity index (χ0v) is 9.80. The van der Waals surface area contributed by atoms with Gasteiger partial charge in [0.15, 0.2) is 0 Å². The van der Waals surface area contributed by atoms with Gasteiger partial charge >= 0.3 is 0 Å². The molecule has 82 valence electrons. The summed E-state index contributed by atoms with van der Waals surface area (Å²) in [5.41, 5.74) is 6.17. The molecule has 0 aliphatic heterocycles. The van der Waals surface area contributed by atoms with Crippen molar-refractivity contribution >= 4 is 23.4 Å². The molecule has 0 fully saturated rings. The lowest BCUT2D eigenvalue weighted by molar-refractivity contribution is -0.118. The third-order valence-corrected chi connectivity index (χ3v) is 2.93. The maximum Gasteiger partial charge on any atom is 0.239 e. The van der Waals surface area contributed by atoms with E-state index in [0.29, 0.717) is 6.42 Å². The van der Waals surface area contributed by atoms with E-state index in [4.69, 9.17) is 5.73 Å². The second-order valence-corrected chi connectivity index (χ2v) is 4.12. The lowest BCUT2D eigenvalue weighted by Crippen LogP contribution is -2.34. The zero-order valence-electron chi connectivity index (χ0n) is 8.99. The van der Waals surface area contributed by atoms with Crippen molar-refractivity contribution in [2.45, 2.75) is 24.3 Å². The predicted octanol–water partition coefficient (Wildman–Crippen LogP) is 2.08. The molecule has 1 aromatic carbocycles. The van der Waals surface area contributed by atoms with Crippen LogP contribution in [0.3, 0.4) is 0 Å². The smallest absolute Gasteiger partial charge is 0.239 e. The molecule has 0 aliphatic rings. The molecule has 3 nitrogen and oxygen atoms in total. The van der Waals surface area contributed by atoms with E-state index in [1.165, 1.54) is 4.90 Å². The molecule has 1 rings (SSSR count). The molecule has 1 atom stereocenters. The van der Waals surface area contributed by atoms with Crippen LogP contribution in [-0.4, -0.2) is 18.2 Å². The van der Waals surface area contributed by atoms with Gasteiger partial charge in [-0.15, -0.1) is 11.8 Å². The van der Waals surface area contributed by atoms with Crippen molar-refractivity contribution in [1.29, 1.82) is 0 Å². The van der Waals surface area contributed by atoms with Gasteiger partial charge in [-0.25, -0.2) is 0 Å². The van der Waals surface area contributed by atoms with Gasteiger partial charge in [0.25, 0.3) is 0 Å². The maximum atomic E-state index is 11.0. The highest BCUT2D eigenvalue weighted by atomic mass is 32.2. The minimum absolute atomic E-state index is 0.287. The van der Waals surface area contributed by atoms with Crippen LogP contribution in [0.5, 0.6) is 0 Å². The van der Waals surface area contributed by atoms with E-state index in [9.17, 15) is 4.79 Å². The summed E-state index contributed by atoms with van der Waals surface area (Å²) in [5, 5.41) is 3.10. The third kappa shape index (κ3) is 3.47. The van der Waals surface area contributed by atoms with E-state index < -0.39 is 0 Å². The first-order valence-electron chi connectivity index (χ1n) is 4.87. The molecule has 15 heavy (non-hydrogen) atoms. The number of amides is 1. The molecule has 4 heteroatoms. The lowest BCUT2D eigenvalue weighted by atomic mass is 10.2. The van der Waals surface area contributed by atoms with Gasteiger partial charge in [-0.2, -0.15) is 0 Å². The average Bonchev–Trinajstić information content (AvgIpc) is 2.26. The first-order chi connectivity index (χ1) is 7.17. The minimum Gasteiger partial charge on any atom is -0.374 e. The van der Waals surface area contributed by atoms with Gasteiger partial charge in [0, 0.05) is 10.6 Å². The molecule has 0 heterocycles. The van der Waals surface area contributed by atoms with Crippen LogP contribution in [0.1, 0.15) is 13.3 Å². The summed E-state index contributed by atoms with van der Waals surface area (Å²) in [5.74, 6) is -0.313. The molecule has 0 aliphatic carbocycles. The van der Waals surface area contributed by atoms with Gasteiger partial charge in [-0.05, 0) is 36.9 Å². The first-order valence-corrected chi connectivity index (χ1v) is 6.09. The van der Waals surface area contributed by atoms with Crippen LogP contribution in [-0.2, 0) is 4.79 Å². The second kappa shape index (κ2) is 5.66. The SMILES string of the molecule is CCC(Nc1ccc(SC)cc1)C(N)=O. The van der Waals surface area contributed by atoms with Crippen LogP contribution in [0.2, 0.25) is 0 Å². The topological polar surface area (TPSA) is 55.1 Å². The standard InChI is InChI=1S/C11H16N2OS/c1-3-10(11(12)14)13-8-4-6-9(15-2)7-5-8/h4-7,10,13H,3H2,1-2H3,(H2,12,14). The van der Waals surface area contributed by atoms with Crippen LogP contribution in [0, 0.1) is 0 Å². The van der Waals surface area contributed by atoms with Gasteiger partial charge in [-0.1, -0.05) is 6.92 Å². The number of primary amides is 1. The molecule has 0 saturated heterocycles. The number of hydrogen-bond acceptors (Lipinski definition) is 3. The fourth-order valence-corrected chi connectivity index (χ4v) is 1.67. The number of hydrogen-bond donors (Lipinski definition) is 2. The Morgan fingerprint density at radius 1 is 1.47 bits per heavy atom. The lowest BCUT2D eigenvalue weighted by Gasteiger charge is -2.14. The summed E-state index contributed by atoms with van der Waals surface area (Å²) in [7, 11) is 0. The summed E-state index contributed by atoms with van der Waals surface area (Å²) < 4.78 is 0. The van der Waals surface area contributed by atoms with Crippen LogP contribution < -0.4 is 11.1 Å². The van der Waals surface area contributed by atoms with Crippen LogP contribution in [0.15, 0.2) is 29.2 Å². The van der Waals surface area contributed by atoms with E-state index in [-0.39, 0.29) is 11.9 Å². The Labute approximate surface area is 94.4 Å². The Morgan fingerprint density at radius 3 is 2.47 bits per heavy atom. The van der Waals surface area contributed by atoms with Gasteiger partial charge in [-0.3, -0.25) is 4.79 Å². The van der Waals surface area contributed by atoms with Crippen molar-refractivity contribution < 1.29 is 4.79 Å². The Kier molecular flexibility index (Phi) is 4.49. The number of thioether (sulfide) groups is 1. The number of carbonyl (C=O) groups is 1. The average molecular weight is 224 g/mol. The maximum absolute atomic E-state index is 11.0. The van der Waals surface area contributed by atoms with Crippen molar-refractivity contribution in [3.63, 3.8) is 0 Å². The van der Waals surface area contributed by atoms with Crippen molar-refractivity contribution in [1.82, 2.24) is 0 Å². The van der Waals surface area contributed by atoms with E-state index in [0.717, 1.165) is 5.69 Å². The molecule has 0 radical (unpaired) electrons. The molecule has 0 spiro atoms. The van der Waals surface area contributed by atoms with Gasteiger partial charge in [0.2, 0.25) is 5.91 Å². The van der Waals surface area contributed by atoms with Crippen LogP contribution in [0.25, 0.3) is 0 Å². The molecule has 1 aromatic rings. The van der Waals surface area contributed by atoms with E-state index in [1.54, 1.807) is 11.8 Å². The third-order valence-electron chi connectivity index (χ3n) is 2.18. The Morgan fingerprint density at radius 2 is 2.07 bits per heavy atom. The van der Waals surface area contributed by atoms with E-state index in [2.05, 4.69) is 5.32 Å². The van der Waals surface area contributed by atoms with Crippen molar-refractivity contribution in [2.24, 2.45) is 5.73 Å². The molecule has 0 aromatic heterocycles. The monoisotopic (exact) mass is 224 g/mol. The molecule has 0 saturated carbocycles. The number of nitrogens with two attached hydrogens (primary N) is 1. The summed E-state index contributed by atoms with van der Waals surface area (Å²) in [4.78, 5) is 12.2. The Balaban J connectivity index is 2.67. The zero-order chi connectivity index (χ0) is 11.3. The summed E-state index contributed by atoms with van der Waals surface area (Å²) in [6.07, 6.45) is 2.72. The second-order valence-electron chi connectivity index (χ2n) is 3.24. The number of anilines is 1. The normalized spacial score (nSPS) is 12.1. The molecular formula is C11H16N2OS. The molecular weight excluding hydrogens is 208 g/mol. The highest BCUT2D eigenvalue weighted by Gasteiger charge is 2.11. The van der Waals surface area contributed by atoms with Crippen molar-refractivity contribution in [3.8, 4) is 0 Å². The minimum atomic E-state index is -0.313. The number of nitrogens with one attached hydrogen (secondary N) is 1. The number of benzene rings is 1. The highest BCUT2D eigenvalue weighted by molar-refractivity contribution is 7.98. The first kappa shape index (κ1) is 11.9. The quantitative estimate of drug-likeness (QED) is 0.753. The van der Waals surface area contributed by atoms with E-state index >= 15 is 0 Å². The predicted molar refractivity (Wildman–Crippen MR) is 65.1 cm³/mol. The fraction of sp³-hybridized carbons (Fsp3) is 0.364.